The van der Waals surface area contributed by atoms with Crippen molar-refractivity contribution in [3.63, 3.8) is 0 Å². The lowest BCUT2D eigenvalue weighted by atomic mass is 9.95. The van der Waals surface area contributed by atoms with Gasteiger partial charge in [-0.3, -0.25) is 0 Å². The van der Waals surface area contributed by atoms with Crippen molar-refractivity contribution < 1.29 is 10.2 Å². The van der Waals surface area contributed by atoms with Crippen LogP contribution in [0.15, 0.2) is 106 Å². The quantitative estimate of drug-likeness (QED) is 0.108. The summed E-state index contributed by atoms with van der Waals surface area (Å²) in [7, 11) is 0. The number of aromatic hydroxyl groups is 2. The fourth-order valence-electron chi connectivity index (χ4n) is 6.04. The van der Waals surface area contributed by atoms with Crippen molar-refractivity contribution in [3.8, 4) is 11.5 Å². The number of phenolic OH excluding ortho intramolecular Hbond substituents is 2. The Kier molecular flexibility index (Phi) is 22.6. The van der Waals surface area contributed by atoms with E-state index >= 15 is 0 Å². The van der Waals surface area contributed by atoms with Gasteiger partial charge in [-0.2, -0.15) is 0 Å². The van der Waals surface area contributed by atoms with E-state index in [0.717, 1.165) is 75.3 Å². The van der Waals surface area contributed by atoms with Crippen LogP contribution in [0.4, 0.5) is 0 Å². The third kappa shape index (κ3) is 17.9. The molecule has 2 rings (SSSR count). The topological polar surface area (TPSA) is 40.5 Å². The van der Waals surface area contributed by atoms with E-state index in [1.54, 1.807) is 0 Å². The van der Waals surface area contributed by atoms with Gasteiger partial charge in [0, 0.05) is 16.3 Å². The van der Waals surface area contributed by atoms with Crippen molar-refractivity contribution in [1.82, 2.24) is 0 Å². The van der Waals surface area contributed by atoms with Gasteiger partial charge in [0.2, 0.25) is 0 Å². The van der Waals surface area contributed by atoms with Crippen molar-refractivity contribution in [1.29, 1.82) is 0 Å². The molecule has 2 aromatic carbocycles. The van der Waals surface area contributed by atoms with Gasteiger partial charge >= 0.3 is 0 Å². The maximum absolute atomic E-state index is 10.9. The van der Waals surface area contributed by atoms with E-state index in [1.807, 2.05) is 45.0 Å². The molecule has 0 atom stereocenters. The van der Waals surface area contributed by atoms with Crippen LogP contribution in [-0.4, -0.2) is 10.2 Å². The second-order valence-corrected chi connectivity index (χ2v) is 14.4. The highest BCUT2D eigenvalue weighted by Crippen LogP contribution is 2.39. The lowest BCUT2D eigenvalue weighted by molar-refractivity contribution is 0.461. The zero-order valence-corrected chi connectivity index (χ0v) is 33.9. The summed E-state index contributed by atoms with van der Waals surface area (Å²) in [4.78, 5) is 0. The summed E-state index contributed by atoms with van der Waals surface area (Å²) in [6.45, 7) is 23.7. The minimum atomic E-state index is 0.267. The van der Waals surface area contributed by atoms with E-state index in [2.05, 4.69) is 97.9 Å². The Morgan fingerprint density at radius 2 is 0.760 bits per heavy atom. The molecule has 2 nitrogen and oxygen atoms in total. The van der Waals surface area contributed by atoms with Crippen molar-refractivity contribution in [2.75, 3.05) is 0 Å². The number of phenols is 2. The molecule has 0 fully saturated rings. The normalized spacial score (nSPS) is 13.4. The summed E-state index contributed by atoms with van der Waals surface area (Å²) >= 11 is 0. The SMILES string of the molecule is CC.CC(C)=CCC/C(C)=C/CC/C(C)=C/CC/C(C)=C/CC/C(C)=C/CC/C(C)=C/CC/C(C)=C/Cc1c(C)c(O)c2ccccc2c1O. The molecule has 2 heteroatoms. The Bertz CT molecular complexity index is 1530. The standard InChI is InChI=1S/C46H66O2.C2H6/c1-34(2)18-12-19-35(3)20-13-21-36(4)22-14-23-37(5)24-15-25-38(6)26-16-27-39(7)28-17-29-40(8)32-33-42-41(9)45(47)43-30-10-11-31-44(43)46(42)48;1-2/h10-11,18,20,22,24,26,28,30-32,47-48H,12-17,19,21,23,25,27,29,33H2,1-9H3;1-2H3/b35-20+,36-22+,37-24+,38-26+,39-28+,40-32+;. The van der Waals surface area contributed by atoms with Gasteiger partial charge in [-0.25, -0.2) is 0 Å². The predicted molar refractivity (Wildman–Crippen MR) is 224 cm³/mol. The molecule has 276 valence electrons. The Morgan fingerprint density at radius 3 is 1.10 bits per heavy atom. The minimum Gasteiger partial charge on any atom is -0.507 e. The molecule has 0 unspecified atom stereocenters. The maximum atomic E-state index is 10.9. The average molecular weight is 681 g/mol. The average Bonchev–Trinajstić information content (AvgIpc) is 3.08. The summed E-state index contributed by atoms with van der Waals surface area (Å²) in [5.41, 5.74) is 11.8. The lowest BCUT2D eigenvalue weighted by Gasteiger charge is -2.13. The highest BCUT2D eigenvalue weighted by Gasteiger charge is 2.14. The molecule has 0 aliphatic carbocycles. The first-order valence-electron chi connectivity index (χ1n) is 19.4. The molecule has 50 heavy (non-hydrogen) atoms. The number of hydrogen-bond donors (Lipinski definition) is 2. The van der Waals surface area contributed by atoms with E-state index in [0.29, 0.717) is 17.2 Å². The van der Waals surface area contributed by atoms with Gasteiger partial charge in [-0.05, 0) is 151 Å². The van der Waals surface area contributed by atoms with Crippen LogP contribution >= 0.6 is 0 Å². The van der Waals surface area contributed by atoms with Crippen molar-refractivity contribution >= 4 is 10.8 Å². The predicted octanol–water partition coefficient (Wildman–Crippen LogP) is 15.5. The summed E-state index contributed by atoms with van der Waals surface area (Å²) in [6.07, 6.45) is 30.7. The molecular weight excluding hydrogens is 609 g/mol. The van der Waals surface area contributed by atoms with E-state index in [1.165, 1.54) is 51.9 Å². The van der Waals surface area contributed by atoms with Crippen LogP contribution in [0.25, 0.3) is 10.8 Å². The number of benzene rings is 2. The molecule has 0 aliphatic heterocycles. The fraction of sp³-hybridized carbons (Fsp3) is 0.500. The maximum Gasteiger partial charge on any atom is 0.127 e. The summed E-state index contributed by atoms with van der Waals surface area (Å²) < 4.78 is 0. The molecule has 0 heterocycles. The molecule has 2 N–H and O–H groups in total. The van der Waals surface area contributed by atoms with Crippen molar-refractivity contribution in [2.24, 2.45) is 0 Å². The van der Waals surface area contributed by atoms with E-state index in [-0.39, 0.29) is 11.5 Å². The third-order valence-electron chi connectivity index (χ3n) is 9.43. The molecule has 0 aliphatic rings. The monoisotopic (exact) mass is 681 g/mol. The number of rotatable bonds is 20. The van der Waals surface area contributed by atoms with Crippen LogP contribution in [0.2, 0.25) is 0 Å². The molecule has 0 radical (unpaired) electrons. The van der Waals surface area contributed by atoms with Gasteiger partial charge in [0.05, 0.1) is 0 Å². The zero-order chi connectivity index (χ0) is 37.5. The molecule has 0 aromatic heterocycles. The van der Waals surface area contributed by atoms with Crippen LogP contribution in [0.1, 0.15) is 157 Å². The second kappa shape index (κ2) is 25.4. The van der Waals surface area contributed by atoms with E-state index < -0.39 is 0 Å². The summed E-state index contributed by atoms with van der Waals surface area (Å²) in [5, 5.41) is 22.9. The van der Waals surface area contributed by atoms with Crippen molar-refractivity contribution in [2.45, 2.75) is 160 Å². The Labute approximate surface area is 308 Å². The Morgan fingerprint density at radius 1 is 0.460 bits per heavy atom. The third-order valence-corrected chi connectivity index (χ3v) is 9.43. The zero-order valence-electron chi connectivity index (χ0n) is 33.9. The molecule has 0 amide bonds. The second-order valence-electron chi connectivity index (χ2n) is 14.4. The van der Waals surface area contributed by atoms with Gasteiger partial charge in [-0.15, -0.1) is 0 Å². The van der Waals surface area contributed by atoms with Crippen LogP contribution < -0.4 is 0 Å². The number of fused-ring (bicyclic) bond motifs is 1. The van der Waals surface area contributed by atoms with Gasteiger partial charge in [-0.1, -0.05) is 120 Å². The molecule has 0 bridgehead atoms. The molecule has 0 saturated carbocycles. The van der Waals surface area contributed by atoms with Gasteiger partial charge in [0.15, 0.2) is 0 Å². The first kappa shape index (κ1) is 44.5. The Balaban J connectivity index is 0.00000613. The smallest absolute Gasteiger partial charge is 0.127 e. The molecular formula is C48H72O2. The fourth-order valence-corrected chi connectivity index (χ4v) is 6.04. The number of hydrogen-bond acceptors (Lipinski definition) is 2. The molecule has 2 aromatic rings. The summed E-state index contributed by atoms with van der Waals surface area (Å²) in [6, 6.07) is 7.49. The minimum absolute atomic E-state index is 0.267. The highest BCUT2D eigenvalue weighted by molar-refractivity contribution is 5.95. The van der Waals surface area contributed by atoms with Crippen LogP contribution in [0, 0.1) is 6.92 Å². The lowest BCUT2D eigenvalue weighted by Crippen LogP contribution is -1.92. The van der Waals surface area contributed by atoms with Gasteiger partial charge in [0.25, 0.3) is 0 Å². The van der Waals surface area contributed by atoms with Crippen LogP contribution in [-0.2, 0) is 6.42 Å². The van der Waals surface area contributed by atoms with E-state index in [4.69, 9.17) is 0 Å². The largest absolute Gasteiger partial charge is 0.507 e. The Hall–Kier alpha value is -3.52. The van der Waals surface area contributed by atoms with Gasteiger partial charge < -0.3 is 10.2 Å². The van der Waals surface area contributed by atoms with Crippen LogP contribution in [0.3, 0.4) is 0 Å². The first-order valence-corrected chi connectivity index (χ1v) is 19.4. The van der Waals surface area contributed by atoms with Crippen molar-refractivity contribution in [3.05, 3.63) is 117 Å². The highest BCUT2D eigenvalue weighted by atomic mass is 16.3. The summed E-state index contributed by atoms with van der Waals surface area (Å²) in [5.74, 6) is 0.549. The van der Waals surface area contributed by atoms with Gasteiger partial charge in [0.1, 0.15) is 11.5 Å². The van der Waals surface area contributed by atoms with E-state index in [9.17, 15) is 10.2 Å². The molecule has 0 spiro atoms. The van der Waals surface area contributed by atoms with Crippen LogP contribution in [0.5, 0.6) is 11.5 Å². The molecule has 0 saturated heterocycles. The number of allylic oxidation sites excluding steroid dienone is 14. The first-order chi connectivity index (χ1) is 23.9.